The lowest BCUT2D eigenvalue weighted by atomic mass is 10.2. The van der Waals surface area contributed by atoms with Crippen molar-refractivity contribution in [3.05, 3.63) is 28.5 Å². The maximum absolute atomic E-state index is 12.2. The maximum Gasteiger partial charge on any atom is 0.256 e. The highest BCUT2D eigenvalue weighted by Gasteiger charge is 2.29. The molecule has 16 heavy (non-hydrogen) atoms. The summed E-state index contributed by atoms with van der Waals surface area (Å²) in [6, 6.07) is 3.44. The van der Waals surface area contributed by atoms with Gasteiger partial charge >= 0.3 is 0 Å². The number of nitrogens with zero attached hydrogens (tertiary/aromatic N) is 2. The summed E-state index contributed by atoms with van der Waals surface area (Å²) in [6.07, 6.45) is 3.46. The molecule has 0 saturated carbocycles. The molecule has 86 valence electrons. The molecule has 1 fully saturated rings. The van der Waals surface area contributed by atoms with E-state index < -0.39 is 0 Å². The zero-order valence-corrected chi connectivity index (χ0v) is 10.4. The van der Waals surface area contributed by atoms with Gasteiger partial charge in [0.2, 0.25) is 0 Å². The Morgan fingerprint density at radius 2 is 2.50 bits per heavy atom. The lowest BCUT2D eigenvalue weighted by Gasteiger charge is -2.23. The Labute approximate surface area is 102 Å². The molecule has 0 aliphatic carbocycles. The SMILES string of the molecule is O=C(c1cccnc1Br)N1CCCC1CO. The van der Waals surface area contributed by atoms with E-state index in [0.717, 1.165) is 12.8 Å². The van der Waals surface area contributed by atoms with Gasteiger partial charge in [-0.1, -0.05) is 0 Å². The third-order valence-corrected chi connectivity index (χ3v) is 3.47. The summed E-state index contributed by atoms with van der Waals surface area (Å²) in [4.78, 5) is 17.9. The second kappa shape index (κ2) is 4.93. The molecule has 0 bridgehead atoms. The number of carbonyl (C=O) groups is 1. The van der Waals surface area contributed by atoms with Crippen molar-refractivity contribution in [1.82, 2.24) is 9.88 Å². The second-order valence-corrected chi connectivity index (χ2v) is 4.57. The van der Waals surface area contributed by atoms with Crippen molar-refractivity contribution >= 4 is 21.8 Å². The molecule has 1 amide bonds. The number of likely N-dealkylation sites (tertiary alicyclic amines) is 1. The number of carbonyl (C=O) groups excluding carboxylic acids is 1. The van der Waals surface area contributed by atoms with Crippen LogP contribution in [0.3, 0.4) is 0 Å². The lowest BCUT2D eigenvalue weighted by molar-refractivity contribution is 0.0676. The number of halogens is 1. The van der Waals surface area contributed by atoms with Gasteiger partial charge in [-0.2, -0.15) is 0 Å². The maximum atomic E-state index is 12.2. The molecule has 1 aliphatic rings. The third-order valence-electron chi connectivity index (χ3n) is 2.84. The van der Waals surface area contributed by atoms with Crippen LogP contribution >= 0.6 is 15.9 Å². The number of pyridine rings is 1. The fourth-order valence-electron chi connectivity index (χ4n) is 1.99. The lowest BCUT2D eigenvalue weighted by Crippen LogP contribution is -2.37. The molecule has 0 radical (unpaired) electrons. The third kappa shape index (κ3) is 2.10. The highest BCUT2D eigenvalue weighted by atomic mass is 79.9. The summed E-state index contributed by atoms with van der Waals surface area (Å²) in [5.41, 5.74) is 0.558. The first kappa shape index (κ1) is 11.5. The average Bonchev–Trinajstić information content (AvgIpc) is 2.77. The predicted molar refractivity (Wildman–Crippen MR) is 63.1 cm³/mol. The van der Waals surface area contributed by atoms with E-state index >= 15 is 0 Å². The number of aromatic nitrogens is 1. The minimum absolute atomic E-state index is 0.0314. The summed E-state index contributed by atoms with van der Waals surface area (Å²) in [6.45, 7) is 0.745. The fourth-order valence-corrected chi connectivity index (χ4v) is 2.41. The van der Waals surface area contributed by atoms with E-state index in [1.807, 2.05) is 0 Å². The largest absolute Gasteiger partial charge is 0.394 e. The number of rotatable bonds is 2. The van der Waals surface area contributed by atoms with Crippen molar-refractivity contribution in [2.75, 3.05) is 13.2 Å². The molecule has 1 aromatic heterocycles. The van der Waals surface area contributed by atoms with E-state index in [1.165, 1.54) is 0 Å². The first-order valence-electron chi connectivity index (χ1n) is 5.26. The van der Waals surface area contributed by atoms with Crippen molar-refractivity contribution in [3.8, 4) is 0 Å². The van der Waals surface area contributed by atoms with Gasteiger partial charge in [-0.05, 0) is 40.9 Å². The van der Waals surface area contributed by atoms with Gasteiger partial charge in [0.15, 0.2) is 0 Å². The fraction of sp³-hybridized carbons (Fsp3) is 0.455. The molecular weight excluding hydrogens is 272 g/mol. The van der Waals surface area contributed by atoms with Gasteiger partial charge < -0.3 is 10.0 Å². The smallest absolute Gasteiger partial charge is 0.256 e. The van der Waals surface area contributed by atoms with Gasteiger partial charge in [0.1, 0.15) is 4.60 Å². The van der Waals surface area contributed by atoms with Crippen LogP contribution in [0.15, 0.2) is 22.9 Å². The molecule has 5 heteroatoms. The number of aliphatic hydroxyl groups is 1. The molecule has 4 nitrogen and oxygen atoms in total. The van der Waals surface area contributed by atoms with Crippen molar-refractivity contribution in [2.24, 2.45) is 0 Å². The number of hydrogen-bond acceptors (Lipinski definition) is 3. The van der Waals surface area contributed by atoms with Crippen LogP contribution in [0.5, 0.6) is 0 Å². The summed E-state index contributed by atoms with van der Waals surface area (Å²) >= 11 is 3.26. The highest BCUT2D eigenvalue weighted by molar-refractivity contribution is 9.10. The molecule has 1 aromatic rings. The van der Waals surface area contributed by atoms with Crippen molar-refractivity contribution in [3.63, 3.8) is 0 Å². The molecule has 1 atom stereocenters. The molecule has 2 heterocycles. The molecule has 0 spiro atoms. The molecule has 1 N–H and O–H groups in total. The predicted octanol–water partition coefficient (Wildman–Crippen LogP) is 1.44. The van der Waals surface area contributed by atoms with Crippen LogP contribution in [0.1, 0.15) is 23.2 Å². The van der Waals surface area contributed by atoms with Crippen LogP contribution in [0.4, 0.5) is 0 Å². The molecule has 2 rings (SSSR count). The molecule has 0 aromatic carbocycles. The van der Waals surface area contributed by atoms with Crippen LogP contribution in [0, 0.1) is 0 Å². The molecule has 1 saturated heterocycles. The number of aliphatic hydroxyl groups excluding tert-OH is 1. The van der Waals surface area contributed by atoms with Gasteiger partial charge in [-0.25, -0.2) is 4.98 Å². The van der Waals surface area contributed by atoms with Crippen LogP contribution < -0.4 is 0 Å². The Hall–Kier alpha value is -0.940. The summed E-state index contributed by atoms with van der Waals surface area (Å²) in [5, 5.41) is 9.18. The zero-order valence-electron chi connectivity index (χ0n) is 8.77. The van der Waals surface area contributed by atoms with E-state index in [9.17, 15) is 9.90 Å². The van der Waals surface area contributed by atoms with Crippen LogP contribution in [-0.2, 0) is 0 Å². The van der Waals surface area contributed by atoms with Crippen molar-refractivity contribution in [1.29, 1.82) is 0 Å². The van der Waals surface area contributed by atoms with E-state index in [1.54, 1.807) is 23.2 Å². The van der Waals surface area contributed by atoms with Gasteiger partial charge in [0.25, 0.3) is 5.91 Å². The van der Waals surface area contributed by atoms with Gasteiger partial charge in [0, 0.05) is 12.7 Å². The van der Waals surface area contributed by atoms with Gasteiger partial charge in [-0.15, -0.1) is 0 Å². The van der Waals surface area contributed by atoms with E-state index in [0.29, 0.717) is 16.7 Å². The van der Waals surface area contributed by atoms with E-state index in [-0.39, 0.29) is 18.6 Å². The molecule has 1 aliphatic heterocycles. The minimum Gasteiger partial charge on any atom is -0.394 e. The van der Waals surface area contributed by atoms with Crippen LogP contribution in [-0.4, -0.2) is 40.1 Å². The summed E-state index contributed by atoms with van der Waals surface area (Å²) < 4.78 is 0.559. The zero-order chi connectivity index (χ0) is 11.5. The second-order valence-electron chi connectivity index (χ2n) is 3.82. The first-order chi connectivity index (χ1) is 7.74. The first-order valence-corrected chi connectivity index (χ1v) is 6.05. The Balaban J connectivity index is 2.22. The summed E-state index contributed by atoms with van der Waals surface area (Å²) in [5.74, 6) is -0.0588. The monoisotopic (exact) mass is 284 g/mol. The molecule has 1 unspecified atom stereocenters. The topological polar surface area (TPSA) is 53.4 Å². The Bertz CT molecular complexity index is 397. The van der Waals surface area contributed by atoms with Gasteiger partial charge in [0.05, 0.1) is 18.2 Å². The molecular formula is C11H13BrN2O2. The highest BCUT2D eigenvalue weighted by Crippen LogP contribution is 2.22. The number of hydrogen-bond donors (Lipinski definition) is 1. The van der Waals surface area contributed by atoms with E-state index in [2.05, 4.69) is 20.9 Å². The van der Waals surface area contributed by atoms with Gasteiger partial charge in [-0.3, -0.25) is 4.79 Å². The Morgan fingerprint density at radius 1 is 1.69 bits per heavy atom. The van der Waals surface area contributed by atoms with Crippen molar-refractivity contribution < 1.29 is 9.90 Å². The minimum atomic E-state index is -0.0588. The standard InChI is InChI=1S/C11H13BrN2O2/c12-10-9(4-1-5-13-10)11(16)14-6-2-3-8(14)7-15/h1,4-5,8,15H,2-3,6-7H2. The quantitative estimate of drug-likeness (QED) is 0.837. The summed E-state index contributed by atoms with van der Waals surface area (Å²) in [7, 11) is 0. The van der Waals surface area contributed by atoms with Crippen LogP contribution in [0.25, 0.3) is 0 Å². The normalized spacial score (nSPS) is 20.1. The number of amides is 1. The van der Waals surface area contributed by atoms with Crippen molar-refractivity contribution in [2.45, 2.75) is 18.9 Å². The van der Waals surface area contributed by atoms with Crippen LogP contribution in [0.2, 0.25) is 0 Å². The Kier molecular flexibility index (Phi) is 3.56. The average molecular weight is 285 g/mol. The van der Waals surface area contributed by atoms with E-state index in [4.69, 9.17) is 0 Å². The Morgan fingerprint density at radius 3 is 3.19 bits per heavy atom.